The van der Waals surface area contributed by atoms with Crippen LogP contribution in [-0.4, -0.2) is 65.5 Å². The molecule has 0 saturated carbocycles. The lowest BCUT2D eigenvalue weighted by Gasteiger charge is -2.29. The maximum Gasteiger partial charge on any atom is 0.326 e. The first kappa shape index (κ1) is 31.9. The normalized spacial score (nSPS) is 23.1. The molecular formula is C26H45N5O6. The van der Waals surface area contributed by atoms with E-state index in [0.717, 1.165) is 0 Å². The highest BCUT2D eigenvalue weighted by Crippen LogP contribution is 2.12. The van der Waals surface area contributed by atoms with Crippen LogP contribution in [0.5, 0.6) is 0 Å². The molecule has 0 fully saturated rings. The fraction of sp³-hybridized carbons (Fsp3) is 0.731. The molecule has 37 heavy (non-hydrogen) atoms. The number of rotatable bonds is 10. The van der Waals surface area contributed by atoms with Gasteiger partial charge in [-0.05, 0) is 37.0 Å². The summed E-state index contributed by atoms with van der Waals surface area (Å²) in [6.45, 7) is 11.5. The Morgan fingerprint density at radius 1 is 1.00 bits per heavy atom. The van der Waals surface area contributed by atoms with Crippen LogP contribution in [0.2, 0.25) is 0 Å². The Hall–Kier alpha value is -3.11. The van der Waals surface area contributed by atoms with Gasteiger partial charge in [-0.2, -0.15) is 0 Å². The molecule has 1 rings (SSSR count). The Kier molecular flexibility index (Phi) is 13.7. The molecule has 0 spiro atoms. The summed E-state index contributed by atoms with van der Waals surface area (Å²) in [6, 6.07) is -4.05. The van der Waals surface area contributed by atoms with Crippen LogP contribution in [0.1, 0.15) is 73.6 Å². The van der Waals surface area contributed by atoms with Crippen molar-refractivity contribution in [3.05, 3.63) is 12.2 Å². The molecule has 0 aromatic carbocycles. The van der Waals surface area contributed by atoms with Gasteiger partial charge < -0.3 is 31.7 Å². The van der Waals surface area contributed by atoms with Crippen LogP contribution in [0.3, 0.4) is 0 Å². The summed E-state index contributed by atoms with van der Waals surface area (Å²) in [6.07, 6.45) is 5.76. The van der Waals surface area contributed by atoms with Crippen LogP contribution in [0.25, 0.3) is 0 Å². The number of carbonyl (C=O) groups is 5. The van der Waals surface area contributed by atoms with E-state index in [2.05, 4.69) is 26.6 Å². The summed E-state index contributed by atoms with van der Waals surface area (Å²) in [5.74, 6) is -2.81. The van der Waals surface area contributed by atoms with E-state index in [9.17, 15) is 29.1 Å². The molecule has 6 atom stereocenters. The zero-order chi connectivity index (χ0) is 28.1. The van der Waals surface area contributed by atoms with E-state index in [4.69, 9.17) is 0 Å². The van der Waals surface area contributed by atoms with Gasteiger partial charge in [-0.25, -0.2) is 9.59 Å². The van der Waals surface area contributed by atoms with E-state index >= 15 is 0 Å². The molecule has 1 aliphatic heterocycles. The summed E-state index contributed by atoms with van der Waals surface area (Å²) in [5, 5.41) is 23.1. The summed E-state index contributed by atoms with van der Waals surface area (Å²) in [5.41, 5.74) is 0. The maximum atomic E-state index is 13.3. The van der Waals surface area contributed by atoms with Gasteiger partial charge in [0.25, 0.3) is 0 Å². The number of carboxylic acids is 1. The highest BCUT2D eigenvalue weighted by atomic mass is 16.4. The molecule has 0 unspecified atom stereocenters. The maximum absolute atomic E-state index is 13.3. The fourth-order valence-electron chi connectivity index (χ4n) is 3.88. The van der Waals surface area contributed by atoms with Crippen LogP contribution in [-0.2, 0) is 19.2 Å². The Labute approximate surface area is 220 Å². The number of hydrogen-bond donors (Lipinski definition) is 6. The number of urea groups is 1. The van der Waals surface area contributed by atoms with Gasteiger partial charge in [0.05, 0.1) is 0 Å². The number of carbonyl (C=O) groups excluding carboxylic acids is 4. The van der Waals surface area contributed by atoms with Crippen LogP contribution < -0.4 is 26.6 Å². The van der Waals surface area contributed by atoms with Crippen LogP contribution in [0.4, 0.5) is 4.79 Å². The second kappa shape index (κ2) is 15.9. The summed E-state index contributed by atoms with van der Waals surface area (Å²) >= 11 is 0. The van der Waals surface area contributed by atoms with E-state index in [1.54, 1.807) is 19.9 Å². The van der Waals surface area contributed by atoms with Gasteiger partial charge in [0.15, 0.2) is 0 Å². The molecule has 210 valence electrons. The van der Waals surface area contributed by atoms with Crippen molar-refractivity contribution in [1.82, 2.24) is 26.6 Å². The molecule has 0 aromatic rings. The number of aliphatic carboxylic acids is 1. The second-order valence-corrected chi connectivity index (χ2v) is 10.2. The Balaban J connectivity index is 3.04. The number of amides is 5. The predicted octanol–water partition coefficient (Wildman–Crippen LogP) is 1.68. The van der Waals surface area contributed by atoms with E-state index in [1.165, 1.54) is 6.08 Å². The highest BCUT2D eigenvalue weighted by Gasteiger charge is 2.32. The van der Waals surface area contributed by atoms with Gasteiger partial charge in [-0.3, -0.25) is 14.4 Å². The SMILES string of the molecule is CC[C@H](C)[C@H](NC(=O)N[C@H](C(=O)N[C@H]1CCCCNC(=O)/C=C\[C@H](C(C)C)NC1=O)[C@@H](C)CC)C(=O)O. The predicted molar refractivity (Wildman–Crippen MR) is 140 cm³/mol. The van der Waals surface area contributed by atoms with Crippen molar-refractivity contribution in [2.24, 2.45) is 17.8 Å². The smallest absolute Gasteiger partial charge is 0.326 e. The first-order valence-electron chi connectivity index (χ1n) is 13.3. The third-order valence-electron chi connectivity index (χ3n) is 6.88. The van der Waals surface area contributed by atoms with E-state index in [1.807, 2.05) is 27.7 Å². The number of carboxylic acid groups (broad SMARTS) is 1. The highest BCUT2D eigenvalue weighted by molar-refractivity contribution is 5.93. The van der Waals surface area contributed by atoms with Gasteiger partial charge in [-0.15, -0.1) is 0 Å². The zero-order valence-electron chi connectivity index (χ0n) is 22.9. The van der Waals surface area contributed by atoms with Crippen molar-refractivity contribution < 1.29 is 29.1 Å². The molecule has 0 bridgehead atoms. The molecular weight excluding hydrogens is 478 g/mol. The van der Waals surface area contributed by atoms with E-state index in [0.29, 0.717) is 38.6 Å². The van der Waals surface area contributed by atoms with E-state index in [-0.39, 0.29) is 29.6 Å². The molecule has 0 saturated heterocycles. The van der Waals surface area contributed by atoms with Gasteiger partial charge in [0.1, 0.15) is 18.1 Å². The van der Waals surface area contributed by atoms with Crippen molar-refractivity contribution >= 4 is 29.7 Å². The molecule has 11 heteroatoms. The van der Waals surface area contributed by atoms with Crippen LogP contribution >= 0.6 is 0 Å². The van der Waals surface area contributed by atoms with Gasteiger partial charge in [0.2, 0.25) is 17.7 Å². The molecule has 5 amide bonds. The Morgan fingerprint density at radius 2 is 1.59 bits per heavy atom. The van der Waals surface area contributed by atoms with Gasteiger partial charge in [0, 0.05) is 18.7 Å². The van der Waals surface area contributed by atoms with Crippen LogP contribution in [0, 0.1) is 17.8 Å². The van der Waals surface area contributed by atoms with Gasteiger partial charge in [-0.1, -0.05) is 60.5 Å². The van der Waals surface area contributed by atoms with Crippen molar-refractivity contribution in [2.45, 2.75) is 97.8 Å². The summed E-state index contributed by atoms with van der Waals surface area (Å²) < 4.78 is 0. The minimum absolute atomic E-state index is 0.0122. The summed E-state index contributed by atoms with van der Waals surface area (Å²) in [7, 11) is 0. The zero-order valence-corrected chi connectivity index (χ0v) is 22.9. The molecule has 0 aromatic heterocycles. The van der Waals surface area contributed by atoms with Crippen LogP contribution in [0.15, 0.2) is 12.2 Å². The van der Waals surface area contributed by atoms with Crippen molar-refractivity contribution in [1.29, 1.82) is 0 Å². The Morgan fingerprint density at radius 3 is 2.16 bits per heavy atom. The third kappa shape index (κ3) is 10.8. The fourth-order valence-corrected chi connectivity index (χ4v) is 3.88. The third-order valence-corrected chi connectivity index (χ3v) is 6.88. The monoisotopic (exact) mass is 523 g/mol. The van der Waals surface area contributed by atoms with Crippen molar-refractivity contribution in [2.75, 3.05) is 6.54 Å². The van der Waals surface area contributed by atoms with Crippen molar-refractivity contribution in [3.63, 3.8) is 0 Å². The molecule has 0 aliphatic carbocycles. The molecule has 6 N–H and O–H groups in total. The number of nitrogens with one attached hydrogen (secondary N) is 5. The molecule has 1 aliphatic rings. The lowest BCUT2D eigenvalue weighted by atomic mass is 9.97. The first-order chi connectivity index (χ1) is 17.4. The molecule has 11 nitrogen and oxygen atoms in total. The van der Waals surface area contributed by atoms with Gasteiger partial charge >= 0.3 is 12.0 Å². The van der Waals surface area contributed by atoms with E-state index < -0.39 is 42.1 Å². The quantitative estimate of drug-likeness (QED) is 0.255. The summed E-state index contributed by atoms with van der Waals surface area (Å²) in [4.78, 5) is 62.7. The lowest BCUT2D eigenvalue weighted by molar-refractivity contribution is -0.140. The first-order valence-corrected chi connectivity index (χ1v) is 13.3. The topological polar surface area (TPSA) is 166 Å². The number of hydrogen-bond acceptors (Lipinski definition) is 5. The van der Waals surface area contributed by atoms with Crippen molar-refractivity contribution in [3.8, 4) is 0 Å². The molecule has 1 heterocycles. The standard InChI is InChI=1S/C26H45N5O6/c1-7-16(5)21(30-26(37)31-22(25(35)36)17(6)8-2)24(34)29-19-11-9-10-14-27-20(32)13-12-18(15(3)4)28-23(19)33/h12-13,15-19,21-22H,7-11,14H2,1-6H3,(H,27,32)(H,28,33)(H,29,34)(H,35,36)(H2,30,31,37)/b13-12-/t16-,17-,18+,19-,21-,22-/m0/s1. The average Bonchev–Trinajstić information content (AvgIpc) is 2.84. The second-order valence-electron chi connectivity index (χ2n) is 10.2. The molecule has 0 radical (unpaired) electrons. The Bertz CT molecular complexity index is 830. The minimum Gasteiger partial charge on any atom is -0.480 e. The minimum atomic E-state index is -1.15. The lowest BCUT2D eigenvalue weighted by Crippen LogP contribution is -2.59. The average molecular weight is 524 g/mol. The largest absolute Gasteiger partial charge is 0.480 e.